The molecule has 0 aromatic carbocycles. The van der Waals surface area contributed by atoms with Crippen molar-refractivity contribution in [1.82, 2.24) is 14.9 Å². The highest BCUT2D eigenvalue weighted by molar-refractivity contribution is 7.91. The van der Waals surface area contributed by atoms with Gasteiger partial charge in [0.05, 0.1) is 13.2 Å². The van der Waals surface area contributed by atoms with Crippen molar-refractivity contribution in [2.75, 3.05) is 26.7 Å². The molecule has 1 aromatic heterocycles. The third-order valence-corrected chi connectivity index (χ3v) is 6.13. The Morgan fingerprint density at radius 3 is 2.86 bits per heavy atom. The Morgan fingerprint density at radius 2 is 2.24 bits per heavy atom. The number of likely N-dealkylation sites (N-methyl/N-ethyl adjacent to an activating group) is 1. The SMILES string of the molecule is CNC(=O)C(=O)NC[C@@H]1OCCN1S(=O)(=O)c1cccs1. The lowest BCUT2D eigenvalue weighted by atomic mass is 10.5. The maximum absolute atomic E-state index is 12.4. The predicted octanol–water partition coefficient (Wildman–Crippen LogP) is -1.04. The van der Waals surface area contributed by atoms with E-state index in [0.717, 1.165) is 11.3 Å². The molecule has 0 spiro atoms. The number of carbonyl (C=O) groups excluding carboxylic acids is 2. The average molecular weight is 333 g/mol. The Labute approximate surface area is 126 Å². The monoisotopic (exact) mass is 333 g/mol. The van der Waals surface area contributed by atoms with Crippen LogP contribution in [0.25, 0.3) is 0 Å². The maximum Gasteiger partial charge on any atom is 0.309 e. The van der Waals surface area contributed by atoms with Crippen molar-refractivity contribution in [2.45, 2.75) is 10.4 Å². The summed E-state index contributed by atoms with van der Waals surface area (Å²) < 4.78 is 31.5. The standard InChI is InChI=1S/C11H15N3O5S2/c1-12-10(15)11(16)13-7-8-14(4-5-19-8)21(17,18)9-3-2-6-20-9/h2-3,6,8H,4-5,7H2,1H3,(H,12,15)(H,13,16)/t8-/m0/s1. The molecule has 0 radical (unpaired) electrons. The van der Waals surface area contributed by atoms with Crippen LogP contribution in [0.1, 0.15) is 0 Å². The number of hydrogen-bond acceptors (Lipinski definition) is 6. The van der Waals surface area contributed by atoms with Gasteiger partial charge >= 0.3 is 11.8 Å². The summed E-state index contributed by atoms with van der Waals surface area (Å²) in [6, 6.07) is 3.16. The maximum atomic E-state index is 12.4. The third-order valence-electron chi connectivity index (χ3n) is 2.87. The predicted molar refractivity (Wildman–Crippen MR) is 75.0 cm³/mol. The first-order chi connectivity index (χ1) is 9.96. The van der Waals surface area contributed by atoms with E-state index in [1.165, 1.54) is 17.4 Å². The van der Waals surface area contributed by atoms with Crippen molar-refractivity contribution in [2.24, 2.45) is 0 Å². The summed E-state index contributed by atoms with van der Waals surface area (Å²) in [5.74, 6) is -1.62. The molecule has 2 rings (SSSR count). The van der Waals surface area contributed by atoms with Gasteiger partial charge in [-0.05, 0) is 11.4 Å². The number of carbonyl (C=O) groups is 2. The molecule has 21 heavy (non-hydrogen) atoms. The molecule has 10 heteroatoms. The molecule has 0 bridgehead atoms. The molecule has 1 aromatic rings. The van der Waals surface area contributed by atoms with E-state index in [4.69, 9.17) is 4.74 Å². The van der Waals surface area contributed by atoms with Gasteiger partial charge in [-0.25, -0.2) is 8.42 Å². The fourth-order valence-corrected chi connectivity index (χ4v) is 4.47. The Morgan fingerprint density at radius 1 is 1.48 bits per heavy atom. The second-order valence-electron chi connectivity index (χ2n) is 4.16. The fourth-order valence-electron chi connectivity index (χ4n) is 1.84. The largest absolute Gasteiger partial charge is 0.359 e. The van der Waals surface area contributed by atoms with Crippen LogP contribution in [0.3, 0.4) is 0 Å². The zero-order chi connectivity index (χ0) is 15.5. The Balaban J connectivity index is 2.04. The summed E-state index contributed by atoms with van der Waals surface area (Å²) in [6.45, 7) is 0.364. The highest BCUT2D eigenvalue weighted by atomic mass is 32.2. The van der Waals surface area contributed by atoms with Crippen molar-refractivity contribution in [3.63, 3.8) is 0 Å². The van der Waals surface area contributed by atoms with Crippen molar-refractivity contribution in [1.29, 1.82) is 0 Å². The minimum atomic E-state index is -3.64. The number of sulfonamides is 1. The minimum absolute atomic E-state index is 0.0864. The van der Waals surface area contributed by atoms with Crippen LogP contribution in [0.15, 0.2) is 21.7 Å². The van der Waals surface area contributed by atoms with E-state index in [2.05, 4.69) is 10.6 Å². The first-order valence-corrected chi connectivity index (χ1v) is 8.45. The van der Waals surface area contributed by atoms with Crippen molar-refractivity contribution >= 4 is 33.2 Å². The van der Waals surface area contributed by atoms with Crippen molar-refractivity contribution < 1.29 is 22.7 Å². The second-order valence-corrected chi connectivity index (χ2v) is 7.23. The topological polar surface area (TPSA) is 105 Å². The van der Waals surface area contributed by atoms with Crippen LogP contribution in [0.4, 0.5) is 0 Å². The molecule has 2 amide bonds. The molecule has 0 saturated carbocycles. The number of rotatable bonds is 4. The molecule has 0 aliphatic carbocycles. The van der Waals surface area contributed by atoms with E-state index in [9.17, 15) is 18.0 Å². The Kier molecular flexibility index (Phi) is 4.93. The van der Waals surface area contributed by atoms with E-state index in [1.807, 2.05) is 0 Å². The van der Waals surface area contributed by atoms with Gasteiger partial charge in [0.25, 0.3) is 10.0 Å². The zero-order valence-electron chi connectivity index (χ0n) is 11.2. The summed E-state index contributed by atoms with van der Waals surface area (Å²) >= 11 is 1.12. The number of amides is 2. The van der Waals surface area contributed by atoms with E-state index in [1.54, 1.807) is 11.4 Å². The highest BCUT2D eigenvalue weighted by Gasteiger charge is 2.37. The summed E-state index contributed by atoms with van der Waals surface area (Å²) in [4.78, 5) is 22.5. The zero-order valence-corrected chi connectivity index (χ0v) is 12.9. The van der Waals surface area contributed by atoms with Crippen LogP contribution in [-0.2, 0) is 24.3 Å². The quantitative estimate of drug-likeness (QED) is 0.685. The van der Waals surface area contributed by atoms with Gasteiger partial charge in [-0.1, -0.05) is 6.07 Å². The summed E-state index contributed by atoms with van der Waals surface area (Å²) in [5, 5.41) is 6.20. The Hall–Kier alpha value is -1.49. The fraction of sp³-hybridized carbons (Fsp3) is 0.455. The molecule has 2 N–H and O–H groups in total. The van der Waals surface area contributed by atoms with Crippen LogP contribution >= 0.6 is 11.3 Å². The van der Waals surface area contributed by atoms with Crippen LogP contribution in [-0.4, -0.2) is 57.5 Å². The van der Waals surface area contributed by atoms with Gasteiger partial charge in [0.1, 0.15) is 10.4 Å². The number of nitrogens with zero attached hydrogens (tertiary/aromatic N) is 1. The van der Waals surface area contributed by atoms with Crippen molar-refractivity contribution in [3.8, 4) is 0 Å². The van der Waals surface area contributed by atoms with E-state index >= 15 is 0 Å². The van der Waals surface area contributed by atoms with Gasteiger partial charge < -0.3 is 15.4 Å². The average Bonchev–Trinajstić information content (AvgIpc) is 3.14. The lowest BCUT2D eigenvalue weighted by Gasteiger charge is -2.21. The van der Waals surface area contributed by atoms with Gasteiger partial charge in [-0.15, -0.1) is 11.3 Å². The van der Waals surface area contributed by atoms with Crippen LogP contribution in [0, 0.1) is 0 Å². The molecule has 0 unspecified atom stereocenters. The summed E-state index contributed by atoms with van der Waals surface area (Å²) in [6.07, 6.45) is -0.814. The number of nitrogens with one attached hydrogen (secondary N) is 2. The number of thiophene rings is 1. The summed E-state index contributed by atoms with van der Waals surface area (Å²) in [7, 11) is -2.31. The highest BCUT2D eigenvalue weighted by Crippen LogP contribution is 2.25. The van der Waals surface area contributed by atoms with Gasteiger partial charge in [0.2, 0.25) is 0 Å². The molecular formula is C11H15N3O5S2. The number of ether oxygens (including phenoxy) is 1. The van der Waals surface area contributed by atoms with Crippen LogP contribution in [0.2, 0.25) is 0 Å². The van der Waals surface area contributed by atoms with E-state index in [0.29, 0.717) is 0 Å². The molecule has 1 aliphatic heterocycles. The lowest BCUT2D eigenvalue weighted by Crippen LogP contribution is -2.46. The van der Waals surface area contributed by atoms with Gasteiger partial charge in [-0.3, -0.25) is 9.59 Å². The van der Waals surface area contributed by atoms with Crippen LogP contribution < -0.4 is 10.6 Å². The van der Waals surface area contributed by atoms with Gasteiger partial charge in [-0.2, -0.15) is 4.31 Å². The number of hydrogen-bond donors (Lipinski definition) is 2. The minimum Gasteiger partial charge on any atom is -0.359 e. The Bertz CT molecular complexity index is 614. The van der Waals surface area contributed by atoms with Gasteiger partial charge in [0, 0.05) is 13.6 Å². The molecule has 116 valence electrons. The van der Waals surface area contributed by atoms with Gasteiger partial charge in [0.15, 0.2) is 0 Å². The molecule has 1 fully saturated rings. The van der Waals surface area contributed by atoms with Crippen molar-refractivity contribution in [3.05, 3.63) is 17.5 Å². The van der Waals surface area contributed by atoms with E-state index in [-0.39, 0.29) is 23.9 Å². The lowest BCUT2D eigenvalue weighted by molar-refractivity contribution is -0.139. The second kappa shape index (κ2) is 6.52. The molecule has 1 atom stereocenters. The van der Waals surface area contributed by atoms with E-state index < -0.39 is 28.1 Å². The third kappa shape index (κ3) is 3.40. The first kappa shape index (κ1) is 15.9. The molecular weight excluding hydrogens is 318 g/mol. The first-order valence-electron chi connectivity index (χ1n) is 6.13. The van der Waals surface area contributed by atoms with Crippen LogP contribution in [0.5, 0.6) is 0 Å². The normalized spacial score (nSPS) is 19.4. The summed E-state index contributed by atoms with van der Waals surface area (Å²) in [5.41, 5.74) is 0. The molecule has 1 aliphatic rings. The molecule has 8 nitrogen and oxygen atoms in total. The molecule has 1 saturated heterocycles. The smallest absolute Gasteiger partial charge is 0.309 e. The molecule has 2 heterocycles.